The van der Waals surface area contributed by atoms with E-state index in [9.17, 15) is 18.8 Å². The Hall–Kier alpha value is -3.05. The van der Waals surface area contributed by atoms with Crippen molar-refractivity contribution in [3.05, 3.63) is 29.8 Å². The van der Waals surface area contributed by atoms with Gasteiger partial charge in [0.1, 0.15) is 12.9 Å². The fourth-order valence-electron chi connectivity index (χ4n) is 1.98. The lowest BCUT2D eigenvalue weighted by Gasteiger charge is -2.16. The first-order valence-electron chi connectivity index (χ1n) is 9.81. The van der Waals surface area contributed by atoms with Crippen molar-refractivity contribution in [2.24, 2.45) is 11.5 Å². The van der Waals surface area contributed by atoms with Gasteiger partial charge < -0.3 is 36.9 Å². The molecule has 0 heterocycles. The second-order valence-electron chi connectivity index (χ2n) is 6.10. The van der Waals surface area contributed by atoms with Crippen LogP contribution >= 0.6 is 0 Å². The van der Waals surface area contributed by atoms with Crippen molar-refractivity contribution in [3.8, 4) is 0 Å². The molecule has 0 aromatic heterocycles. The number of carbonyl (C=O) groups excluding carboxylic acids is 4. The maximum atomic E-state index is 12.2. The van der Waals surface area contributed by atoms with Gasteiger partial charge in [-0.05, 0) is 37.6 Å². The Kier molecular flexibility index (Phi) is 19.7. The van der Waals surface area contributed by atoms with Gasteiger partial charge >= 0.3 is 12.3 Å². The van der Waals surface area contributed by atoms with Crippen molar-refractivity contribution in [2.45, 2.75) is 45.8 Å². The number of ether oxygens (including phenoxy) is 1. The monoisotopic (exact) mass is 443 g/mol. The largest absolute Gasteiger partial charge is 0.495 e. The number of carbonyl (C=O) groups is 4. The van der Waals surface area contributed by atoms with Crippen LogP contribution in [0.3, 0.4) is 0 Å². The van der Waals surface area contributed by atoms with E-state index in [-0.39, 0.29) is 19.1 Å². The summed E-state index contributed by atoms with van der Waals surface area (Å²) >= 11 is 0. The Morgan fingerprint density at radius 1 is 1.19 bits per heavy atom. The molecule has 1 unspecified atom stereocenters. The number of nitrogens with two attached hydrogens (primary N) is 2. The van der Waals surface area contributed by atoms with Crippen LogP contribution in [0.25, 0.3) is 0 Å². The molecule has 10 nitrogen and oxygen atoms in total. The minimum Gasteiger partial charge on any atom is -0.435 e. The summed E-state index contributed by atoms with van der Waals surface area (Å²) in [5.74, 6) is -0.223. The molecule has 0 aliphatic rings. The first kappa shape index (κ1) is 30.1. The molecule has 0 radical (unpaired) electrons. The number of hydrogen-bond acceptors (Lipinski definition) is 7. The highest BCUT2D eigenvalue weighted by molar-refractivity contribution is 5.94. The average Bonchev–Trinajstić information content (AvgIpc) is 2.73. The van der Waals surface area contributed by atoms with Crippen molar-refractivity contribution in [2.75, 3.05) is 25.5 Å². The highest BCUT2D eigenvalue weighted by Crippen LogP contribution is 2.12. The summed E-state index contributed by atoms with van der Waals surface area (Å²) in [5.41, 5.74) is 10.8. The fourth-order valence-corrected chi connectivity index (χ4v) is 1.98. The quantitative estimate of drug-likeness (QED) is 0.209. The summed E-state index contributed by atoms with van der Waals surface area (Å²) in [4.78, 5) is 41.9. The molecule has 11 heteroatoms. The van der Waals surface area contributed by atoms with Crippen LogP contribution in [0.2, 0.25) is 0 Å². The van der Waals surface area contributed by atoms with Gasteiger partial charge in [0.2, 0.25) is 5.91 Å². The Balaban J connectivity index is 0. The van der Waals surface area contributed by atoms with Gasteiger partial charge in [-0.15, -0.1) is 4.39 Å². The van der Waals surface area contributed by atoms with Gasteiger partial charge in [-0.1, -0.05) is 32.4 Å². The number of likely N-dealkylation sites (N-methyl/N-ethyl adjacent to an activating group) is 1. The fraction of sp³-hybridized carbons (Fsp3) is 0.500. The summed E-state index contributed by atoms with van der Waals surface area (Å²) in [5, 5.41) is 8.10. The van der Waals surface area contributed by atoms with Crippen LogP contribution in [0.5, 0.6) is 0 Å². The molecule has 1 aromatic rings. The van der Waals surface area contributed by atoms with Gasteiger partial charge in [-0.25, -0.2) is 9.59 Å². The smallest absolute Gasteiger partial charge is 0.435 e. The summed E-state index contributed by atoms with van der Waals surface area (Å²) in [6, 6.07) is 5.46. The Morgan fingerprint density at radius 3 is 2.16 bits per heavy atom. The maximum absolute atomic E-state index is 12.2. The zero-order valence-corrected chi connectivity index (χ0v) is 18.3. The molecule has 0 saturated heterocycles. The molecule has 0 spiro atoms. The molecule has 0 fully saturated rings. The highest BCUT2D eigenvalue weighted by atomic mass is 19.1. The Bertz CT molecular complexity index is 643. The number of hydrogen-bond donors (Lipinski definition) is 5. The second kappa shape index (κ2) is 20.2. The van der Waals surface area contributed by atoms with Crippen molar-refractivity contribution >= 4 is 30.1 Å². The number of rotatable bonds is 10. The Labute approximate surface area is 182 Å². The first-order valence-corrected chi connectivity index (χ1v) is 9.81. The van der Waals surface area contributed by atoms with E-state index in [1.165, 1.54) is 6.42 Å². The average molecular weight is 444 g/mol. The molecule has 1 aromatic carbocycles. The zero-order valence-electron chi connectivity index (χ0n) is 18.3. The number of nitrogens with one attached hydrogen (secondary N) is 3. The van der Waals surface area contributed by atoms with E-state index in [2.05, 4.69) is 40.3 Å². The molecule has 1 atom stereocenters. The van der Waals surface area contributed by atoms with E-state index >= 15 is 0 Å². The van der Waals surface area contributed by atoms with Gasteiger partial charge in [-0.2, -0.15) is 0 Å². The van der Waals surface area contributed by atoms with Crippen LogP contribution < -0.4 is 27.4 Å². The molecule has 31 heavy (non-hydrogen) atoms. The normalized spacial score (nSPS) is 10.2. The number of urea groups is 1. The van der Waals surface area contributed by atoms with Gasteiger partial charge in [0.15, 0.2) is 0 Å². The van der Waals surface area contributed by atoms with E-state index in [1.807, 2.05) is 0 Å². The van der Waals surface area contributed by atoms with Crippen LogP contribution in [0.4, 0.5) is 19.7 Å². The zero-order chi connectivity index (χ0) is 24.1. The van der Waals surface area contributed by atoms with Gasteiger partial charge in [0, 0.05) is 18.8 Å². The number of anilines is 1. The van der Waals surface area contributed by atoms with Crippen molar-refractivity contribution in [1.29, 1.82) is 0 Å². The van der Waals surface area contributed by atoms with Gasteiger partial charge in [0.25, 0.3) is 0 Å². The second-order valence-corrected chi connectivity index (χ2v) is 6.10. The summed E-state index contributed by atoms with van der Waals surface area (Å²) in [6.45, 7) is 4.61. The minimum atomic E-state index is -1.84. The molecule has 0 bridgehead atoms. The van der Waals surface area contributed by atoms with Gasteiger partial charge in [0.05, 0.1) is 6.04 Å². The number of primary amides is 1. The highest BCUT2D eigenvalue weighted by Gasteiger charge is 2.16. The van der Waals surface area contributed by atoms with Crippen LogP contribution in [-0.2, 0) is 20.9 Å². The summed E-state index contributed by atoms with van der Waals surface area (Å²) in [7, 11) is 1.67. The SMILES string of the molecule is CCC.CNC(CCCNC(N)=O)C(=O)Nc1ccc(COC(=O)F)cc1.NCC=O. The number of amides is 3. The molecular weight excluding hydrogens is 409 g/mol. The third-order valence-electron chi connectivity index (χ3n) is 3.30. The van der Waals surface area contributed by atoms with E-state index in [0.717, 1.165) is 0 Å². The lowest BCUT2D eigenvalue weighted by molar-refractivity contribution is -0.118. The van der Waals surface area contributed by atoms with Crippen molar-refractivity contribution in [3.63, 3.8) is 0 Å². The van der Waals surface area contributed by atoms with Crippen LogP contribution in [0, 0.1) is 0 Å². The molecule has 0 aliphatic carbocycles. The standard InChI is InChI=1S/C15H21FN4O4.C3H8.C2H5NO/c1-18-12(3-2-8-19-15(17)23)13(21)20-11-6-4-10(5-7-11)9-24-14(16)22;1-3-2;3-1-2-4/h4-7,12,18H,2-3,8-9H2,1H3,(H,20,21)(H3,17,19,23);3H2,1-2H3;2H,1,3H2. The molecule has 176 valence electrons. The van der Waals surface area contributed by atoms with E-state index in [4.69, 9.17) is 10.5 Å². The minimum absolute atomic E-state index is 0.139. The third kappa shape index (κ3) is 18.7. The van der Waals surface area contributed by atoms with Crippen LogP contribution in [0.1, 0.15) is 38.7 Å². The van der Waals surface area contributed by atoms with Crippen LogP contribution in [0.15, 0.2) is 24.3 Å². The maximum Gasteiger partial charge on any atom is 0.495 e. The predicted molar refractivity (Wildman–Crippen MR) is 117 cm³/mol. The van der Waals surface area contributed by atoms with Crippen molar-refractivity contribution in [1.82, 2.24) is 10.6 Å². The predicted octanol–water partition coefficient (Wildman–Crippen LogP) is 1.83. The number of benzene rings is 1. The lowest BCUT2D eigenvalue weighted by atomic mass is 10.1. The summed E-state index contributed by atoms with van der Waals surface area (Å²) < 4.78 is 16.2. The number of aldehydes is 1. The third-order valence-corrected chi connectivity index (χ3v) is 3.30. The van der Waals surface area contributed by atoms with E-state index in [0.29, 0.717) is 36.9 Å². The van der Waals surface area contributed by atoms with Gasteiger partial charge in [-0.3, -0.25) is 4.79 Å². The van der Waals surface area contributed by atoms with E-state index in [1.54, 1.807) is 31.3 Å². The van der Waals surface area contributed by atoms with Crippen LogP contribution in [-0.4, -0.2) is 50.6 Å². The number of halogens is 1. The Morgan fingerprint density at radius 2 is 1.74 bits per heavy atom. The van der Waals surface area contributed by atoms with Crippen molar-refractivity contribution < 1.29 is 28.3 Å². The molecule has 3 amide bonds. The topological polar surface area (TPSA) is 166 Å². The first-order chi connectivity index (χ1) is 14.7. The molecule has 0 aliphatic heterocycles. The molecular formula is C20H34FN5O5. The molecule has 0 saturated carbocycles. The summed E-state index contributed by atoms with van der Waals surface area (Å²) in [6.07, 6.45) is 1.18. The molecule has 7 N–H and O–H groups in total. The molecule has 1 rings (SSSR count). The lowest BCUT2D eigenvalue weighted by Crippen LogP contribution is -2.39. The van der Waals surface area contributed by atoms with E-state index < -0.39 is 18.3 Å².